The Bertz CT molecular complexity index is 420. The van der Waals surface area contributed by atoms with Crippen molar-refractivity contribution in [1.29, 1.82) is 0 Å². The highest BCUT2D eigenvalue weighted by molar-refractivity contribution is 6.05. The molecule has 21 heavy (non-hydrogen) atoms. The molecule has 2 atom stereocenters. The number of hydrogen-bond acceptors (Lipinski definition) is 7. The van der Waals surface area contributed by atoms with Gasteiger partial charge in [0.1, 0.15) is 0 Å². The molecular weight excluding hydrogens is 288 g/mol. The quantitative estimate of drug-likeness (QED) is 0.281. The number of aliphatic hydroxyl groups is 3. The van der Waals surface area contributed by atoms with E-state index >= 15 is 0 Å². The second-order valence-corrected chi connectivity index (χ2v) is 5.35. The van der Waals surface area contributed by atoms with E-state index in [1.165, 1.54) is 0 Å². The van der Waals surface area contributed by atoms with Gasteiger partial charge in [-0.1, -0.05) is 0 Å². The summed E-state index contributed by atoms with van der Waals surface area (Å²) < 4.78 is 3.93. The van der Waals surface area contributed by atoms with Crippen LogP contribution >= 0.6 is 0 Å². The maximum Gasteiger partial charge on any atom is 0.513 e. The van der Waals surface area contributed by atoms with Crippen molar-refractivity contribution in [3.8, 4) is 0 Å². The van der Waals surface area contributed by atoms with Crippen LogP contribution in [-0.4, -0.2) is 63.4 Å². The molecule has 1 aliphatic carbocycles. The Kier molecular flexibility index (Phi) is 5.26. The first kappa shape index (κ1) is 17.3. The van der Waals surface area contributed by atoms with Crippen molar-refractivity contribution < 1.29 is 44.7 Å². The lowest BCUT2D eigenvalue weighted by atomic mass is 9.84. The third-order valence-corrected chi connectivity index (χ3v) is 4.06. The Morgan fingerprint density at radius 3 is 2.00 bits per heavy atom. The molecule has 120 valence electrons. The summed E-state index contributed by atoms with van der Waals surface area (Å²) >= 11 is 0. The van der Waals surface area contributed by atoms with Gasteiger partial charge in [0.15, 0.2) is 5.41 Å². The summed E-state index contributed by atoms with van der Waals surface area (Å²) in [4.78, 5) is 33.1. The van der Waals surface area contributed by atoms with E-state index in [9.17, 15) is 29.7 Å². The standard InChI is InChI=1S/C12H18O9/c13-4-11(5-14,6-15)2-1-7-3-12(7,8(16)17)9(18)21-10(19)20/h7,13-15H,1-6H2,(H,16,17)(H,19,20). The van der Waals surface area contributed by atoms with E-state index in [-0.39, 0.29) is 19.3 Å². The van der Waals surface area contributed by atoms with E-state index in [4.69, 9.17) is 10.2 Å². The van der Waals surface area contributed by atoms with Crippen LogP contribution in [0.25, 0.3) is 0 Å². The van der Waals surface area contributed by atoms with Crippen molar-refractivity contribution in [2.24, 2.45) is 16.7 Å². The fourth-order valence-electron chi connectivity index (χ4n) is 2.32. The number of carbonyl (C=O) groups is 3. The van der Waals surface area contributed by atoms with E-state index < -0.39 is 54.7 Å². The number of aliphatic carboxylic acids is 1. The summed E-state index contributed by atoms with van der Waals surface area (Å²) in [6, 6.07) is 0. The third-order valence-electron chi connectivity index (χ3n) is 4.06. The fraction of sp³-hybridized carbons (Fsp3) is 0.750. The largest absolute Gasteiger partial charge is 0.513 e. The Balaban J connectivity index is 2.72. The molecule has 0 amide bonds. The summed E-state index contributed by atoms with van der Waals surface area (Å²) in [7, 11) is 0. The number of esters is 1. The zero-order valence-corrected chi connectivity index (χ0v) is 11.2. The van der Waals surface area contributed by atoms with Gasteiger partial charge in [0.05, 0.1) is 19.8 Å². The van der Waals surface area contributed by atoms with Crippen molar-refractivity contribution in [3.05, 3.63) is 0 Å². The SMILES string of the molecule is O=C(O)OC(=O)C1(C(=O)O)CC1CCC(CO)(CO)CO. The molecule has 0 bridgehead atoms. The van der Waals surface area contributed by atoms with Crippen LogP contribution in [0.1, 0.15) is 19.3 Å². The van der Waals surface area contributed by atoms with Gasteiger partial charge in [0, 0.05) is 5.41 Å². The molecule has 0 aromatic carbocycles. The van der Waals surface area contributed by atoms with Crippen LogP contribution in [0.4, 0.5) is 4.79 Å². The first-order valence-corrected chi connectivity index (χ1v) is 6.29. The van der Waals surface area contributed by atoms with Crippen LogP contribution in [-0.2, 0) is 14.3 Å². The van der Waals surface area contributed by atoms with Crippen molar-refractivity contribution >= 4 is 18.1 Å². The smallest absolute Gasteiger partial charge is 0.480 e. The van der Waals surface area contributed by atoms with Gasteiger partial charge in [-0.3, -0.25) is 9.59 Å². The first-order valence-electron chi connectivity index (χ1n) is 6.29. The average molecular weight is 306 g/mol. The molecule has 0 saturated heterocycles. The Hall–Kier alpha value is -1.71. The van der Waals surface area contributed by atoms with Gasteiger partial charge in [0.25, 0.3) is 0 Å². The van der Waals surface area contributed by atoms with Crippen LogP contribution in [0.3, 0.4) is 0 Å². The maximum absolute atomic E-state index is 11.6. The molecule has 0 aromatic rings. The van der Waals surface area contributed by atoms with Gasteiger partial charge < -0.3 is 30.3 Å². The number of ether oxygens (including phenoxy) is 1. The monoisotopic (exact) mass is 306 g/mol. The molecule has 5 N–H and O–H groups in total. The van der Waals surface area contributed by atoms with Gasteiger partial charge in [-0.2, -0.15) is 0 Å². The summed E-state index contributed by atoms with van der Waals surface area (Å²) in [6.07, 6.45) is -1.73. The highest BCUT2D eigenvalue weighted by atomic mass is 16.7. The van der Waals surface area contributed by atoms with Crippen LogP contribution in [0, 0.1) is 16.7 Å². The molecule has 1 rings (SSSR count). The lowest BCUT2D eigenvalue weighted by Gasteiger charge is -2.27. The van der Waals surface area contributed by atoms with Crippen molar-refractivity contribution in [3.63, 3.8) is 0 Å². The minimum Gasteiger partial charge on any atom is -0.480 e. The number of carboxylic acid groups (broad SMARTS) is 2. The van der Waals surface area contributed by atoms with Crippen molar-refractivity contribution in [1.82, 2.24) is 0 Å². The number of rotatable bonds is 8. The molecule has 2 unspecified atom stereocenters. The second-order valence-electron chi connectivity index (χ2n) is 5.35. The van der Waals surface area contributed by atoms with Crippen molar-refractivity contribution in [2.45, 2.75) is 19.3 Å². The van der Waals surface area contributed by atoms with Gasteiger partial charge in [0.2, 0.25) is 0 Å². The molecule has 1 fully saturated rings. The molecule has 0 aromatic heterocycles. The highest BCUT2D eigenvalue weighted by Gasteiger charge is 2.67. The lowest BCUT2D eigenvalue weighted by molar-refractivity contribution is -0.158. The van der Waals surface area contributed by atoms with E-state index in [1.807, 2.05) is 0 Å². The molecule has 9 heteroatoms. The van der Waals surface area contributed by atoms with Gasteiger partial charge in [-0.25, -0.2) is 4.79 Å². The predicted octanol–water partition coefficient (Wildman–Crippen LogP) is -0.958. The molecular formula is C12H18O9. The molecule has 1 aliphatic rings. The number of carboxylic acids is 1. The Morgan fingerprint density at radius 1 is 1.10 bits per heavy atom. The minimum absolute atomic E-state index is 0.0766. The highest BCUT2D eigenvalue weighted by Crippen LogP contribution is 2.57. The van der Waals surface area contributed by atoms with Gasteiger partial charge in [-0.15, -0.1) is 0 Å². The lowest BCUT2D eigenvalue weighted by Crippen LogP contribution is -2.35. The summed E-state index contributed by atoms with van der Waals surface area (Å²) in [5.74, 6) is -3.47. The zero-order chi connectivity index (χ0) is 16.3. The zero-order valence-electron chi connectivity index (χ0n) is 11.2. The fourth-order valence-corrected chi connectivity index (χ4v) is 2.32. The Morgan fingerprint density at radius 2 is 1.62 bits per heavy atom. The average Bonchev–Trinajstić information content (AvgIpc) is 3.16. The van der Waals surface area contributed by atoms with Crippen LogP contribution in [0.2, 0.25) is 0 Å². The minimum atomic E-state index is -1.90. The first-order chi connectivity index (χ1) is 9.77. The number of hydrogen-bond donors (Lipinski definition) is 5. The predicted molar refractivity (Wildman–Crippen MR) is 65.2 cm³/mol. The summed E-state index contributed by atoms with van der Waals surface area (Å²) in [5, 5.41) is 45.0. The number of aliphatic hydroxyl groups excluding tert-OH is 3. The van der Waals surface area contributed by atoms with Crippen LogP contribution in [0.5, 0.6) is 0 Å². The normalized spacial score (nSPS) is 24.4. The third kappa shape index (κ3) is 3.31. The Labute approximate surface area is 119 Å². The summed E-state index contributed by atoms with van der Waals surface area (Å²) in [5.41, 5.74) is -3.06. The molecule has 0 radical (unpaired) electrons. The van der Waals surface area contributed by atoms with Gasteiger partial charge in [-0.05, 0) is 25.2 Å². The van der Waals surface area contributed by atoms with Crippen LogP contribution in [0.15, 0.2) is 0 Å². The summed E-state index contributed by atoms with van der Waals surface area (Å²) in [6.45, 7) is -1.48. The topological polar surface area (TPSA) is 162 Å². The van der Waals surface area contributed by atoms with E-state index in [2.05, 4.69) is 4.74 Å². The second kappa shape index (κ2) is 6.37. The molecule has 0 aliphatic heterocycles. The van der Waals surface area contributed by atoms with Gasteiger partial charge >= 0.3 is 18.1 Å². The van der Waals surface area contributed by atoms with E-state index in [0.29, 0.717) is 0 Å². The molecule has 0 heterocycles. The van der Waals surface area contributed by atoms with Crippen molar-refractivity contribution in [2.75, 3.05) is 19.8 Å². The maximum atomic E-state index is 11.6. The number of carbonyl (C=O) groups excluding carboxylic acids is 1. The van der Waals surface area contributed by atoms with Crippen LogP contribution < -0.4 is 0 Å². The van der Waals surface area contributed by atoms with E-state index in [1.54, 1.807) is 0 Å². The van der Waals surface area contributed by atoms with E-state index in [0.717, 1.165) is 0 Å². The molecule has 1 saturated carbocycles. The molecule has 0 spiro atoms. The molecule has 9 nitrogen and oxygen atoms in total.